The average molecular weight is 303 g/mol. The third-order valence-electron chi connectivity index (χ3n) is 3.20. The number of hydrogen-bond acceptors (Lipinski definition) is 3. The lowest BCUT2D eigenvalue weighted by atomic mass is 10.2. The first-order valence-electron chi connectivity index (χ1n) is 6.63. The van der Waals surface area contributed by atoms with E-state index in [9.17, 15) is 18.0 Å². The van der Waals surface area contributed by atoms with Gasteiger partial charge in [0, 0.05) is 12.6 Å². The van der Waals surface area contributed by atoms with Crippen molar-refractivity contribution in [2.24, 2.45) is 0 Å². The van der Waals surface area contributed by atoms with Crippen molar-refractivity contribution in [1.29, 1.82) is 0 Å². The Morgan fingerprint density at radius 1 is 1.33 bits per heavy atom. The molecule has 116 valence electrons. The molecule has 7 heteroatoms. The molecule has 1 fully saturated rings. The van der Waals surface area contributed by atoms with Crippen molar-refractivity contribution >= 4 is 5.97 Å². The average Bonchev–Trinajstić information content (AvgIpc) is 3.20. The largest absolute Gasteiger partial charge is 0.491 e. The molecule has 1 aromatic carbocycles. The lowest BCUT2D eigenvalue weighted by Crippen LogP contribution is -2.38. The van der Waals surface area contributed by atoms with Crippen LogP contribution in [0.4, 0.5) is 13.2 Å². The molecule has 2 rings (SSSR count). The topological polar surface area (TPSA) is 49.8 Å². The summed E-state index contributed by atoms with van der Waals surface area (Å²) in [5.74, 6) is -0.951. The number of benzene rings is 1. The van der Waals surface area contributed by atoms with Crippen LogP contribution >= 0.6 is 0 Å². The Bertz CT molecular complexity index is 500. The van der Waals surface area contributed by atoms with E-state index < -0.39 is 18.7 Å². The van der Waals surface area contributed by atoms with Gasteiger partial charge in [0.15, 0.2) is 0 Å². The third-order valence-corrected chi connectivity index (χ3v) is 3.20. The zero-order chi connectivity index (χ0) is 15.5. The summed E-state index contributed by atoms with van der Waals surface area (Å²) < 4.78 is 42.7. The fourth-order valence-electron chi connectivity index (χ4n) is 2.10. The van der Waals surface area contributed by atoms with Gasteiger partial charge in [0.1, 0.15) is 17.9 Å². The molecule has 1 aromatic rings. The molecule has 0 amide bonds. The summed E-state index contributed by atoms with van der Waals surface area (Å²) in [6.45, 7) is -0.809. The van der Waals surface area contributed by atoms with Crippen LogP contribution < -0.4 is 4.74 Å². The highest BCUT2D eigenvalue weighted by molar-refractivity contribution is 5.90. The first kappa shape index (κ1) is 15.6. The quantitative estimate of drug-likeness (QED) is 0.841. The lowest BCUT2D eigenvalue weighted by molar-refractivity contribution is -0.147. The Labute approximate surface area is 120 Å². The van der Waals surface area contributed by atoms with Crippen LogP contribution in [0.1, 0.15) is 23.2 Å². The van der Waals surface area contributed by atoms with E-state index in [0.717, 1.165) is 12.8 Å². The van der Waals surface area contributed by atoms with Gasteiger partial charge in [0.25, 0.3) is 0 Å². The van der Waals surface area contributed by atoms with E-state index in [1.807, 2.05) is 0 Å². The second-order valence-electron chi connectivity index (χ2n) is 4.97. The normalized spacial score (nSPS) is 15.2. The number of carboxylic acids is 1. The maximum Gasteiger partial charge on any atom is 0.401 e. The summed E-state index contributed by atoms with van der Waals surface area (Å²) >= 11 is 0. The van der Waals surface area contributed by atoms with Crippen molar-refractivity contribution in [3.8, 4) is 5.75 Å². The highest BCUT2D eigenvalue weighted by Gasteiger charge is 2.37. The molecule has 1 N–H and O–H groups in total. The molecule has 0 spiro atoms. The Morgan fingerprint density at radius 3 is 2.57 bits per heavy atom. The van der Waals surface area contributed by atoms with E-state index in [-0.39, 0.29) is 30.5 Å². The van der Waals surface area contributed by atoms with E-state index in [1.165, 1.54) is 17.0 Å². The monoisotopic (exact) mass is 303 g/mol. The number of aromatic carboxylic acids is 1. The van der Waals surface area contributed by atoms with Crippen molar-refractivity contribution in [1.82, 2.24) is 4.90 Å². The second kappa shape index (κ2) is 6.34. The van der Waals surface area contributed by atoms with Crippen LogP contribution in [-0.2, 0) is 0 Å². The van der Waals surface area contributed by atoms with Gasteiger partial charge in [-0.3, -0.25) is 4.90 Å². The molecule has 1 aliphatic rings. The molecule has 0 heterocycles. The Balaban J connectivity index is 1.89. The second-order valence-corrected chi connectivity index (χ2v) is 4.97. The number of alkyl halides is 3. The SMILES string of the molecule is O=C(O)c1ccccc1OCCN(CC(F)(F)F)C1CC1. The number of halogens is 3. The highest BCUT2D eigenvalue weighted by atomic mass is 19.4. The van der Waals surface area contributed by atoms with E-state index in [0.29, 0.717) is 0 Å². The molecule has 0 aromatic heterocycles. The van der Waals surface area contributed by atoms with Crippen molar-refractivity contribution in [3.05, 3.63) is 29.8 Å². The van der Waals surface area contributed by atoms with Crippen molar-refractivity contribution < 1.29 is 27.8 Å². The van der Waals surface area contributed by atoms with E-state index in [2.05, 4.69) is 0 Å². The molecular weight excluding hydrogens is 287 g/mol. The summed E-state index contributed by atoms with van der Waals surface area (Å²) in [5, 5.41) is 8.99. The molecule has 0 bridgehead atoms. The number of carbonyl (C=O) groups is 1. The van der Waals surface area contributed by atoms with E-state index >= 15 is 0 Å². The molecule has 0 unspecified atom stereocenters. The molecule has 0 saturated heterocycles. The fraction of sp³-hybridized carbons (Fsp3) is 0.500. The fourth-order valence-corrected chi connectivity index (χ4v) is 2.10. The number of ether oxygens (including phenoxy) is 1. The van der Waals surface area contributed by atoms with Crippen LogP contribution in [0.5, 0.6) is 5.75 Å². The first-order chi connectivity index (χ1) is 9.87. The summed E-state index contributed by atoms with van der Waals surface area (Å²) in [5.41, 5.74) is 0.00583. The van der Waals surface area contributed by atoms with Gasteiger partial charge in [-0.05, 0) is 25.0 Å². The van der Waals surface area contributed by atoms with Crippen LogP contribution in [-0.4, -0.2) is 47.9 Å². The van der Waals surface area contributed by atoms with Gasteiger partial charge in [0.05, 0.1) is 6.54 Å². The molecular formula is C14H16F3NO3. The standard InChI is InChI=1S/C14H16F3NO3/c15-14(16,17)9-18(10-5-6-10)7-8-21-12-4-2-1-3-11(12)13(19)20/h1-4,10H,5-9H2,(H,19,20). The Morgan fingerprint density at radius 2 is 2.00 bits per heavy atom. The van der Waals surface area contributed by atoms with Crippen LogP contribution in [0.25, 0.3) is 0 Å². The maximum absolute atomic E-state index is 12.5. The van der Waals surface area contributed by atoms with Gasteiger partial charge in [-0.15, -0.1) is 0 Å². The van der Waals surface area contributed by atoms with Crippen LogP contribution in [0, 0.1) is 0 Å². The predicted molar refractivity (Wildman–Crippen MR) is 69.5 cm³/mol. The molecule has 21 heavy (non-hydrogen) atoms. The van der Waals surface area contributed by atoms with Gasteiger partial charge in [0.2, 0.25) is 0 Å². The Hall–Kier alpha value is -1.76. The summed E-state index contributed by atoms with van der Waals surface area (Å²) in [7, 11) is 0. The predicted octanol–water partition coefficient (Wildman–Crippen LogP) is 2.79. The number of nitrogens with zero attached hydrogens (tertiary/aromatic N) is 1. The van der Waals surface area contributed by atoms with Gasteiger partial charge in [-0.1, -0.05) is 12.1 Å². The molecule has 4 nitrogen and oxygen atoms in total. The molecule has 0 radical (unpaired) electrons. The molecule has 0 aliphatic heterocycles. The van der Waals surface area contributed by atoms with Gasteiger partial charge in [-0.25, -0.2) is 4.79 Å². The number of rotatable bonds is 7. The number of para-hydroxylation sites is 1. The third kappa shape index (κ3) is 4.93. The number of carboxylic acid groups (broad SMARTS) is 1. The zero-order valence-electron chi connectivity index (χ0n) is 11.3. The van der Waals surface area contributed by atoms with Crippen molar-refractivity contribution in [3.63, 3.8) is 0 Å². The summed E-state index contributed by atoms with van der Waals surface area (Å²) in [6.07, 6.45) is -2.70. The Kier molecular flexibility index (Phi) is 4.72. The molecule has 1 aliphatic carbocycles. The van der Waals surface area contributed by atoms with Crippen molar-refractivity contribution in [2.75, 3.05) is 19.7 Å². The van der Waals surface area contributed by atoms with E-state index in [4.69, 9.17) is 9.84 Å². The van der Waals surface area contributed by atoms with Gasteiger partial charge < -0.3 is 9.84 Å². The van der Waals surface area contributed by atoms with Crippen molar-refractivity contribution in [2.45, 2.75) is 25.1 Å². The summed E-state index contributed by atoms with van der Waals surface area (Å²) in [4.78, 5) is 12.3. The highest BCUT2D eigenvalue weighted by Crippen LogP contribution is 2.29. The lowest BCUT2D eigenvalue weighted by Gasteiger charge is -2.23. The minimum absolute atomic E-state index is 0.00583. The summed E-state index contributed by atoms with van der Waals surface area (Å²) in [6, 6.07) is 6.04. The van der Waals surface area contributed by atoms with Crippen LogP contribution in [0.3, 0.4) is 0 Å². The number of hydrogen-bond donors (Lipinski definition) is 1. The smallest absolute Gasteiger partial charge is 0.401 e. The zero-order valence-corrected chi connectivity index (χ0v) is 11.3. The van der Waals surface area contributed by atoms with E-state index in [1.54, 1.807) is 12.1 Å². The minimum atomic E-state index is -4.23. The maximum atomic E-state index is 12.5. The minimum Gasteiger partial charge on any atom is -0.491 e. The first-order valence-corrected chi connectivity index (χ1v) is 6.63. The van der Waals surface area contributed by atoms with Crippen LogP contribution in [0.15, 0.2) is 24.3 Å². The van der Waals surface area contributed by atoms with Crippen LogP contribution in [0.2, 0.25) is 0 Å². The molecule has 1 saturated carbocycles. The van der Waals surface area contributed by atoms with Gasteiger partial charge in [-0.2, -0.15) is 13.2 Å². The molecule has 0 atom stereocenters. The van der Waals surface area contributed by atoms with Gasteiger partial charge >= 0.3 is 12.1 Å².